The third kappa shape index (κ3) is 9.30. The largest absolute Gasteiger partial charge is 2.00 e. The second kappa shape index (κ2) is 13.8. The fourth-order valence-electron chi connectivity index (χ4n) is 1.55. The first-order valence-electron chi connectivity index (χ1n) is 7.51. The summed E-state index contributed by atoms with van der Waals surface area (Å²) in [5, 5.41) is 22.2. The van der Waals surface area contributed by atoms with Gasteiger partial charge in [-0.1, -0.05) is 60.0 Å². The van der Waals surface area contributed by atoms with E-state index in [1.54, 1.807) is 61.0 Å². The van der Waals surface area contributed by atoms with E-state index in [0.29, 0.717) is 11.4 Å². The zero-order chi connectivity index (χ0) is 17.6. The van der Waals surface area contributed by atoms with E-state index in [0.717, 1.165) is 0 Å². The Morgan fingerprint density at radius 1 is 0.680 bits per heavy atom. The Hall–Kier alpha value is -2.62. The average molecular weight is 384 g/mol. The van der Waals surface area contributed by atoms with Gasteiger partial charge in [0.25, 0.3) is 0 Å². The maximum absolute atomic E-state index is 11.1. The minimum Gasteiger partial charge on any atom is -0.871 e. The molecule has 0 aromatic heterocycles. The molecule has 0 aliphatic carbocycles. The molecule has 0 N–H and O–H groups in total. The van der Waals surface area contributed by atoms with Crippen LogP contribution in [0.1, 0.15) is 13.8 Å². The van der Waals surface area contributed by atoms with E-state index in [-0.39, 0.29) is 28.6 Å². The van der Waals surface area contributed by atoms with Crippen molar-refractivity contribution in [1.82, 2.24) is 0 Å². The number of benzene rings is 2. The van der Waals surface area contributed by atoms with Gasteiger partial charge in [0.1, 0.15) is 0 Å². The first-order valence-corrected chi connectivity index (χ1v) is 7.51. The van der Waals surface area contributed by atoms with Crippen molar-refractivity contribution >= 4 is 23.8 Å². The minimum atomic E-state index is -0.0433. The SMILES string of the molecule is C/C=C/C=Nc1ccccc1[O-].C/C=C/C=Nc1ccccc1[O-].[Cu+2]. The predicted octanol–water partition coefficient (Wildman–Crippen LogP) is 4.07. The first-order chi connectivity index (χ1) is 11.7. The van der Waals surface area contributed by atoms with Crippen molar-refractivity contribution in [3.8, 4) is 11.5 Å². The third-order valence-electron chi connectivity index (χ3n) is 2.71. The molecule has 133 valence electrons. The van der Waals surface area contributed by atoms with Crippen molar-refractivity contribution < 1.29 is 27.3 Å². The summed E-state index contributed by atoms with van der Waals surface area (Å²) in [4.78, 5) is 7.94. The Morgan fingerprint density at radius 2 is 1.04 bits per heavy atom. The third-order valence-corrected chi connectivity index (χ3v) is 2.71. The van der Waals surface area contributed by atoms with E-state index in [2.05, 4.69) is 9.98 Å². The summed E-state index contributed by atoms with van der Waals surface area (Å²) in [6, 6.07) is 13.4. The Bertz CT molecular complexity index is 674. The summed E-state index contributed by atoms with van der Waals surface area (Å²) in [7, 11) is 0. The van der Waals surface area contributed by atoms with Gasteiger partial charge in [0.15, 0.2) is 0 Å². The second-order valence-corrected chi connectivity index (χ2v) is 4.54. The van der Waals surface area contributed by atoms with E-state index in [9.17, 15) is 10.2 Å². The van der Waals surface area contributed by atoms with Crippen molar-refractivity contribution in [3.63, 3.8) is 0 Å². The molecular weight excluding hydrogens is 364 g/mol. The van der Waals surface area contributed by atoms with Crippen LogP contribution in [-0.4, -0.2) is 12.4 Å². The van der Waals surface area contributed by atoms with Crippen LogP contribution in [0.4, 0.5) is 11.4 Å². The molecule has 0 saturated carbocycles. The fourth-order valence-corrected chi connectivity index (χ4v) is 1.55. The van der Waals surface area contributed by atoms with E-state index in [4.69, 9.17) is 0 Å². The molecule has 0 bridgehead atoms. The van der Waals surface area contributed by atoms with Gasteiger partial charge in [-0.05, 0) is 38.1 Å². The van der Waals surface area contributed by atoms with Crippen LogP contribution in [0.5, 0.6) is 11.5 Å². The van der Waals surface area contributed by atoms with E-state index in [1.165, 1.54) is 12.1 Å². The van der Waals surface area contributed by atoms with E-state index in [1.807, 2.05) is 26.0 Å². The number of hydrogen-bond acceptors (Lipinski definition) is 4. The average Bonchev–Trinajstić information content (AvgIpc) is 2.59. The summed E-state index contributed by atoms with van der Waals surface area (Å²) in [5.74, 6) is -0.0866. The van der Waals surface area contributed by atoms with Crippen molar-refractivity contribution in [2.45, 2.75) is 13.8 Å². The van der Waals surface area contributed by atoms with Crippen LogP contribution >= 0.6 is 0 Å². The topological polar surface area (TPSA) is 70.8 Å². The summed E-state index contributed by atoms with van der Waals surface area (Å²) in [5.41, 5.74) is 0.964. The maximum Gasteiger partial charge on any atom is 2.00 e. The molecule has 0 atom stereocenters. The van der Waals surface area contributed by atoms with Crippen molar-refractivity contribution in [1.29, 1.82) is 0 Å². The van der Waals surface area contributed by atoms with Gasteiger partial charge in [0, 0.05) is 12.4 Å². The zero-order valence-corrected chi connectivity index (χ0v) is 15.0. The number of aliphatic imine (C=N–C) groups is 2. The zero-order valence-electron chi connectivity index (χ0n) is 14.1. The van der Waals surface area contributed by atoms with Gasteiger partial charge < -0.3 is 10.2 Å². The second-order valence-electron chi connectivity index (χ2n) is 4.54. The molecular formula is C20H20CuN2O2. The molecule has 5 heteroatoms. The van der Waals surface area contributed by atoms with Crippen LogP contribution < -0.4 is 10.2 Å². The summed E-state index contributed by atoms with van der Waals surface area (Å²) >= 11 is 0. The van der Waals surface area contributed by atoms with E-state index < -0.39 is 0 Å². The minimum absolute atomic E-state index is 0. The van der Waals surface area contributed by atoms with Crippen molar-refractivity contribution in [2.75, 3.05) is 0 Å². The van der Waals surface area contributed by atoms with Crippen molar-refractivity contribution in [2.24, 2.45) is 9.98 Å². The molecule has 2 rings (SSSR count). The molecule has 0 spiro atoms. The Labute approximate surface area is 159 Å². The first kappa shape index (κ1) is 22.4. The molecule has 0 amide bonds. The smallest absolute Gasteiger partial charge is 0.871 e. The Balaban J connectivity index is 0.000000443. The maximum atomic E-state index is 11.1. The molecule has 4 nitrogen and oxygen atoms in total. The fraction of sp³-hybridized carbons (Fsp3) is 0.100. The molecule has 0 heterocycles. The quantitative estimate of drug-likeness (QED) is 0.589. The molecule has 2 aromatic rings. The predicted molar refractivity (Wildman–Crippen MR) is 97.7 cm³/mol. The van der Waals surface area contributed by atoms with Gasteiger partial charge in [-0.15, -0.1) is 0 Å². The van der Waals surface area contributed by atoms with Gasteiger partial charge in [0.2, 0.25) is 0 Å². The van der Waals surface area contributed by atoms with Crippen LogP contribution in [0.2, 0.25) is 0 Å². The van der Waals surface area contributed by atoms with E-state index >= 15 is 0 Å². The molecule has 0 aliphatic rings. The number of allylic oxidation sites excluding steroid dienone is 4. The summed E-state index contributed by atoms with van der Waals surface area (Å²) in [6.45, 7) is 3.80. The molecule has 0 aliphatic heterocycles. The molecule has 0 saturated heterocycles. The summed E-state index contributed by atoms with van der Waals surface area (Å²) < 4.78 is 0. The van der Waals surface area contributed by atoms with Crippen LogP contribution in [-0.2, 0) is 17.1 Å². The van der Waals surface area contributed by atoms with Gasteiger partial charge >= 0.3 is 17.1 Å². The van der Waals surface area contributed by atoms with Gasteiger partial charge in [-0.25, -0.2) is 0 Å². The standard InChI is InChI=1S/2C10H11NO.Cu/c2*1-2-3-8-11-9-6-4-5-7-10(9)12;/h2*2-8,12H,1H3;/q;;+2/p-2/b2*3-2+,11-8?;. The number of para-hydroxylation sites is 4. The van der Waals surface area contributed by atoms with Crippen molar-refractivity contribution in [3.05, 3.63) is 72.8 Å². The molecule has 2 aromatic carbocycles. The van der Waals surface area contributed by atoms with Gasteiger partial charge in [-0.2, -0.15) is 0 Å². The number of rotatable bonds is 4. The van der Waals surface area contributed by atoms with Gasteiger partial charge in [-0.3, -0.25) is 9.98 Å². The Morgan fingerprint density at radius 3 is 1.36 bits per heavy atom. The molecule has 1 radical (unpaired) electrons. The normalized spacial score (nSPS) is 11.0. The van der Waals surface area contributed by atoms with Crippen LogP contribution in [0.15, 0.2) is 82.8 Å². The summed E-state index contributed by atoms with van der Waals surface area (Å²) in [6.07, 6.45) is 10.5. The molecule has 0 unspecified atom stereocenters. The van der Waals surface area contributed by atoms with Gasteiger partial charge in [0.05, 0.1) is 11.4 Å². The Kier molecular flexibility index (Phi) is 12.3. The van der Waals surface area contributed by atoms with Crippen LogP contribution in [0.3, 0.4) is 0 Å². The number of hydrogen-bond donors (Lipinski definition) is 0. The molecule has 25 heavy (non-hydrogen) atoms. The number of nitrogens with zero attached hydrogens (tertiary/aromatic N) is 2. The van der Waals surface area contributed by atoms with Crippen LogP contribution in [0, 0.1) is 0 Å². The molecule has 0 fully saturated rings. The monoisotopic (exact) mass is 383 g/mol. The van der Waals surface area contributed by atoms with Crippen LogP contribution in [0.25, 0.3) is 0 Å².